The van der Waals surface area contributed by atoms with E-state index >= 15 is 0 Å². The van der Waals surface area contributed by atoms with Gasteiger partial charge in [-0.2, -0.15) is 0 Å². The van der Waals surface area contributed by atoms with Crippen LogP contribution in [-0.2, 0) is 10.0 Å². The maximum Gasteiger partial charge on any atom is 0.210 e. The van der Waals surface area contributed by atoms with Gasteiger partial charge in [-0.05, 0) is 12.1 Å². The topological polar surface area (TPSA) is 111 Å². The summed E-state index contributed by atoms with van der Waals surface area (Å²) >= 11 is 4.77. The lowest BCUT2D eigenvalue weighted by molar-refractivity contribution is 0.598. The Balaban J connectivity index is 2.61. The molecule has 0 saturated carbocycles. The zero-order chi connectivity index (χ0) is 12.2. The molecular formula is C8H12N4O2S2. The smallest absolute Gasteiger partial charge is 0.210 e. The van der Waals surface area contributed by atoms with Crippen molar-refractivity contribution < 1.29 is 8.42 Å². The molecule has 88 valence electrons. The molecule has 16 heavy (non-hydrogen) atoms. The van der Waals surface area contributed by atoms with Gasteiger partial charge in [-0.1, -0.05) is 12.2 Å². The van der Waals surface area contributed by atoms with E-state index in [0.29, 0.717) is 11.4 Å². The zero-order valence-corrected chi connectivity index (χ0v) is 10.0. The van der Waals surface area contributed by atoms with Gasteiger partial charge in [-0.25, -0.2) is 13.6 Å². The Morgan fingerprint density at radius 2 is 2.25 bits per heavy atom. The van der Waals surface area contributed by atoms with Crippen molar-refractivity contribution in [3.63, 3.8) is 0 Å². The molecule has 0 aromatic carbocycles. The van der Waals surface area contributed by atoms with Gasteiger partial charge < -0.3 is 11.1 Å². The molecule has 0 atom stereocenters. The summed E-state index contributed by atoms with van der Waals surface area (Å²) in [6, 6.07) is 3.33. The second kappa shape index (κ2) is 5.19. The van der Waals surface area contributed by atoms with E-state index in [9.17, 15) is 8.42 Å². The van der Waals surface area contributed by atoms with Crippen molar-refractivity contribution in [3.8, 4) is 0 Å². The van der Waals surface area contributed by atoms with Gasteiger partial charge in [0.25, 0.3) is 0 Å². The van der Waals surface area contributed by atoms with Crippen LogP contribution in [0.3, 0.4) is 0 Å². The molecular weight excluding hydrogens is 248 g/mol. The van der Waals surface area contributed by atoms with Crippen LogP contribution in [0.1, 0.15) is 5.69 Å². The van der Waals surface area contributed by atoms with Crippen LogP contribution in [0.2, 0.25) is 0 Å². The fourth-order valence-electron chi connectivity index (χ4n) is 1.01. The molecule has 8 heteroatoms. The zero-order valence-electron chi connectivity index (χ0n) is 8.38. The first-order valence-electron chi connectivity index (χ1n) is 4.39. The summed E-state index contributed by atoms with van der Waals surface area (Å²) in [5.41, 5.74) is 6.58. The molecule has 1 heterocycles. The highest BCUT2D eigenvalue weighted by molar-refractivity contribution is 7.89. The lowest BCUT2D eigenvalue weighted by Gasteiger charge is -2.06. The largest absolute Gasteiger partial charge is 0.388 e. The number of nitrogens with one attached hydrogen (secondary N) is 1. The molecule has 5 N–H and O–H groups in total. The van der Waals surface area contributed by atoms with E-state index < -0.39 is 10.0 Å². The monoisotopic (exact) mass is 260 g/mol. The van der Waals surface area contributed by atoms with E-state index in [1.165, 1.54) is 6.20 Å². The van der Waals surface area contributed by atoms with Crippen LogP contribution in [0.25, 0.3) is 0 Å². The van der Waals surface area contributed by atoms with Gasteiger partial charge in [-0.3, -0.25) is 4.98 Å². The number of primary sulfonamides is 1. The van der Waals surface area contributed by atoms with Crippen molar-refractivity contribution in [2.45, 2.75) is 0 Å². The molecule has 0 aliphatic heterocycles. The lowest BCUT2D eigenvalue weighted by Crippen LogP contribution is -2.22. The Hall–Kier alpha value is -1.25. The van der Waals surface area contributed by atoms with Crippen LogP contribution in [0.5, 0.6) is 0 Å². The molecule has 0 bridgehead atoms. The first-order valence-corrected chi connectivity index (χ1v) is 6.51. The summed E-state index contributed by atoms with van der Waals surface area (Å²) in [5, 5.41) is 7.74. The van der Waals surface area contributed by atoms with E-state index in [1.807, 2.05) is 0 Å². The molecule has 1 aromatic heterocycles. The summed E-state index contributed by atoms with van der Waals surface area (Å²) in [5.74, 6) is -0.141. The molecule has 0 radical (unpaired) electrons. The third kappa shape index (κ3) is 4.51. The fraction of sp³-hybridized carbons (Fsp3) is 0.250. The first kappa shape index (κ1) is 12.8. The van der Waals surface area contributed by atoms with E-state index in [-0.39, 0.29) is 17.3 Å². The third-order valence-electron chi connectivity index (χ3n) is 1.73. The second-order valence-corrected chi connectivity index (χ2v) is 5.26. The highest BCUT2D eigenvalue weighted by Gasteiger charge is 2.03. The predicted molar refractivity (Wildman–Crippen MR) is 66.6 cm³/mol. The normalized spacial score (nSPS) is 11.1. The average Bonchev–Trinajstić information content (AvgIpc) is 2.16. The molecule has 1 aromatic rings. The molecule has 0 spiro atoms. The minimum absolute atomic E-state index is 0.141. The number of sulfonamides is 1. The number of pyridine rings is 1. The van der Waals surface area contributed by atoms with E-state index in [4.69, 9.17) is 23.1 Å². The van der Waals surface area contributed by atoms with Crippen LogP contribution in [0, 0.1) is 0 Å². The molecule has 0 amide bonds. The minimum Gasteiger partial charge on any atom is -0.388 e. The Morgan fingerprint density at radius 3 is 2.81 bits per heavy atom. The summed E-state index contributed by atoms with van der Waals surface area (Å²) < 4.78 is 21.4. The van der Waals surface area contributed by atoms with E-state index in [2.05, 4.69) is 10.3 Å². The average molecular weight is 260 g/mol. The van der Waals surface area contributed by atoms with Gasteiger partial charge in [0, 0.05) is 18.4 Å². The highest BCUT2D eigenvalue weighted by atomic mass is 32.2. The molecule has 0 fully saturated rings. The summed E-state index contributed by atoms with van der Waals surface area (Å²) in [7, 11) is -3.45. The van der Waals surface area contributed by atoms with Gasteiger partial charge in [-0.15, -0.1) is 0 Å². The van der Waals surface area contributed by atoms with Gasteiger partial charge in [0.1, 0.15) is 4.99 Å². The van der Waals surface area contributed by atoms with Gasteiger partial charge in [0.2, 0.25) is 10.0 Å². The number of aromatic nitrogens is 1. The summed E-state index contributed by atoms with van der Waals surface area (Å²) in [6.45, 7) is 0.222. The third-order valence-corrected chi connectivity index (χ3v) is 2.71. The van der Waals surface area contributed by atoms with Crippen molar-refractivity contribution in [1.29, 1.82) is 0 Å². The molecule has 0 aliphatic rings. The molecule has 0 unspecified atom stereocenters. The van der Waals surface area contributed by atoms with Gasteiger partial charge in [0.05, 0.1) is 11.4 Å². The molecule has 0 aliphatic carbocycles. The maximum absolute atomic E-state index is 10.7. The number of nitrogens with two attached hydrogens (primary N) is 2. The number of nitrogens with zero attached hydrogens (tertiary/aromatic N) is 1. The quantitative estimate of drug-likeness (QED) is 0.611. The summed E-state index contributed by atoms with van der Waals surface area (Å²) in [4.78, 5) is 4.14. The fourth-order valence-corrected chi connectivity index (χ4v) is 1.51. The number of anilines is 1. The van der Waals surface area contributed by atoms with Crippen molar-refractivity contribution >= 4 is 32.9 Å². The Labute approximate surface area is 99.1 Å². The van der Waals surface area contributed by atoms with Crippen LogP contribution in [0.15, 0.2) is 18.3 Å². The number of rotatable bonds is 5. The lowest BCUT2D eigenvalue weighted by atomic mass is 10.3. The molecule has 1 rings (SSSR count). The predicted octanol–water partition coefficient (Wildman–Crippen LogP) is -0.584. The van der Waals surface area contributed by atoms with Crippen LogP contribution in [-0.4, -0.2) is 30.7 Å². The van der Waals surface area contributed by atoms with Crippen LogP contribution >= 0.6 is 12.2 Å². The Morgan fingerprint density at radius 1 is 1.56 bits per heavy atom. The molecule has 6 nitrogen and oxygen atoms in total. The van der Waals surface area contributed by atoms with Crippen molar-refractivity contribution in [3.05, 3.63) is 24.0 Å². The Bertz CT molecular complexity index is 487. The minimum atomic E-state index is -3.45. The van der Waals surface area contributed by atoms with Crippen molar-refractivity contribution in [1.82, 2.24) is 4.98 Å². The van der Waals surface area contributed by atoms with Crippen LogP contribution in [0.4, 0.5) is 5.69 Å². The highest BCUT2D eigenvalue weighted by Crippen LogP contribution is 2.07. The van der Waals surface area contributed by atoms with Gasteiger partial charge >= 0.3 is 0 Å². The first-order chi connectivity index (χ1) is 7.38. The van der Waals surface area contributed by atoms with E-state index in [1.54, 1.807) is 12.1 Å². The van der Waals surface area contributed by atoms with Crippen molar-refractivity contribution in [2.75, 3.05) is 17.6 Å². The standard InChI is InChI=1S/C8H12N4O2S2/c9-8(15)7-5-6(1-2-12-7)11-3-4-16(10,13)14/h1-2,5H,3-4H2,(H2,9,15)(H,11,12)(H2,10,13,14). The number of hydrogen-bond acceptors (Lipinski definition) is 5. The van der Waals surface area contributed by atoms with Crippen LogP contribution < -0.4 is 16.2 Å². The number of thiocarbonyl (C=S) groups is 1. The van der Waals surface area contributed by atoms with E-state index in [0.717, 1.165) is 0 Å². The second-order valence-electron chi connectivity index (χ2n) is 3.09. The maximum atomic E-state index is 10.7. The number of hydrogen-bond donors (Lipinski definition) is 3. The Kier molecular flexibility index (Phi) is 4.16. The SMILES string of the molecule is NC(=S)c1cc(NCCS(N)(=O)=O)ccn1. The van der Waals surface area contributed by atoms with Crippen molar-refractivity contribution in [2.24, 2.45) is 10.9 Å². The molecule has 0 saturated heterocycles. The van der Waals surface area contributed by atoms with Gasteiger partial charge in [0.15, 0.2) is 0 Å². The summed E-state index contributed by atoms with van der Waals surface area (Å²) in [6.07, 6.45) is 1.54.